The number of halogens is 1. The third-order valence-electron chi connectivity index (χ3n) is 1.96. The summed E-state index contributed by atoms with van der Waals surface area (Å²) >= 11 is 3.09. The summed E-state index contributed by atoms with van der Waals surface area (Å²) in [5.74, 6) is -0.184. The Kier molecular flexibility index (Phi) is 2.73. The van der Waals surface area contributed by atoms with Gasteiger partial charge in [0.1, 0.15) is 11.0 Å². The van der Waals surface area contributed by atoms with Crippen LogP contribution in [0, 0.1) is 10.1 Å². The highest BCUT2D eigenvalue weighted by molar-refractivity contribution is 9.10. The Labute approximate surface area is 99.0 Å². The van der Waals surface area contributed by atoms with E-state index in [1.807, 2.05) is 19.3 Å². The molecule has 0 radical (unpaired) electrons. The summed E-state index contributed by atoms with van der Waals surface area (Å²) in [6.07, 6.45) is 3.37. The van der Waals surface area contributed by atoms with Gasteiger partial charge in [0.25, 0.3) is 0 Å². The minimum Gasteiger partial charge on any atom is -0.358 e. The van der Waals surface area contributed by atoms with E-state index in [-0.39, 0.29) is 5.82 Å². The molecule has 0 aliphatic rings. The van der Waals surface area contributed by atoms with Crippen molar-refractivity contribution in [1.82, 2.24) is 19.6 Å². The molecule has 0 unspecified atom stereocenters. The first-order valence-corrected chi connectivity index (χ1v) is 5.21. The van der Waals surface area contributed by atoms with Crippen LogP contribution in [0.3, 0.4) is 0 Å². The zero-order chi connectivity index (χ0) is 11.7. The number of nitrogens with zero attached hydrogens (tertiary/aromatic N) is 5. The molecular formula is C8H8BrN5O2. The number of aromatic nitrogens is 4. The molecule has 7 nitrogen and oxygen atoms in total. The second-order valence-corrected chi connectivity index (χ2v) is 4.09. The number of rotatable bonds is 3. The lowest BCUT2D eigenvalue weighted by molar-refractivity contribution is -0.390. The third kappa shape index (κ3) is 2.11. The lowest BCUT2D eigenvalue weighted by atomic mass is 10.4. The van der Waals surface area contributed by atoms with Crippen molar-refractivity contribution in [3.63, 3.8) is 0 Å². The first kappa shape index (κ1) is 10.8. The molecule has 0 fully saturated rings. The first-order valence-electron chi connectivity index (χ1n) is 4.42. The van der Waals surface area contributed by atoms with Crippen molar-refractivity contribution < 1.29 is 4.92 Å². The summed E-state index contributed by atoms with van der Waals surface area (Å²) in [6.45, 7) is 0.410. The summed E-state index contributed by atoms with van der Waals surface area (Å²) in [4.78, 5) is 10.0. The van der Waals surface area contributed by atoms with Gasteiger partial charge in [-0.25, -0.2) is 0 Å². The molecule has 2 heterocycles. The fourth-order valence-corrected chi connectivity index (χ4v) is 1.77. The van der Waals surface area contributed by atoms with Gasteiger partial charge >= 0.3 is 5.82 Å². The van der Waals surface area contributed by atoms with Crippen molar-refractivity contribution in [2.45, 2.75) is 6.54 Å². The molecular weight excluding hydrogens is 278 g/mol. The predicted octanol–water partition coefficient (Wildman–Crippen LogP) is 1.34. The molecule has 0 bridgehead atoms. The highest BCUT2D eigenvalue weighted by atomic mass is 79.9. The van der Waals surface area contributed by atoms with E-state index < -0.39 is 4.92 Å². The van der Waals surface area contributed by atoms with Gasteiger partial charge in [-0.05, 0) is 26.9 Å². The van der Waals surface area contributed by atoms with E-state index >= 15 is 0 Å². The van der Waals surface area contributed by atoms with Crippen LogP contribution in [-0.2, 0) is 13.6 Å². The third-order valence-corrected chi connectivity index (χ3v) is 2.52. The molecule has 0 aliphatic carbocycles. The second kappa shape index (κ2) is 4.05. The number of hydrogen-bond donors (Lipinski definition) is 0. The summed E-state index contributed by atoms with van der Waals surface area (Å²) < 4.78 is 3.51. The number of aryl methyl sites for hydroxylation is 1. The second-order valence-electron chi connectivity index (χ2n) is 3.24. The standard InChI is InChI=1S/C8H8BrN5O2/c1-12-3-2-6(10-12)4-13-5-7(9)8(11-13)14(15)16/h2-3,5H,4H2,1H3. The molecule has 0 spiro atoms. The van der Waals surface area contributed by atoms with Crippen LogP contribution in [0.25, 0.3) is 0 Å². The highest BCUT2D eigenvalue weighted by Gasteiger charge is 2.18. The Hall–Kier alpha value is -1.70. The van der Waals surface area contributed by atoms with Crippen LogP contribution in [0.1, 0.15) is 5.69 Å². The van der Waals surface area contributed by atoms with E-state index in [0.29, 0.717) is 11.0 Å². The molecule has 8 heteroatoms. The minimum atomic E-state index is -0.529. The van der Waals surface area contributed by atoms with Gasteiger partial charge in [-0.3, -0.25) is 4.68 Å². The van der Waals surface area contributed by atoms with Gasteiger partial charge < -0.3 is 10.1 Å². The molecule has 0 N–H and O–H groups in total. The van der Waals surface area contributed by atoms with Crippen LogP contribution in [0.5, 0.6) is 0 Å². The van der Waals surface area contributed by atoms with Crippen LogP contribution in [0.4, 0.5) is 5.82 Å². The fourth-order valence-electron chi connectivity index (χ4n) is 1.31. The largest absolute Gasteiger partial charge is 0.404 e. The Morgan fingerprint density at radius 1 is 1.56 bits per heavy atom. The summed E-state index contributed by atoms with van der Waals surface area (Å²) in [5, 5.41) is 18.6. The molecule has 2 aromatic rings. The maximum absolute atomic E-state index is 10.6. The molecule has 16 heavy (non-hydrogen) atoms. The van der Waals surface area contributed by atoms with Crippen LogP contribution in [-0.4, -0.2) is 24.5 Å². The van der Waals surface area contributed by atoms with Crippen LogP contribution >= 0.6 is 15.9 Å². The van der Waals surface area contributed by atoms with Crippen LogP contribution < -0.4 is 0 Å². The molecule has 0 saturated heterocycles. The van der Waals surface area contributed by atoms with Crippen molar-refractivity contribution in [2.24, 2.45) is 7.05 Å². The van der Waals surface area contributed by atoms with Gasteiger partial charge in [-0.1, -0.05) is 0 Å². The van der Waals surface area contributed by atoms with E-state index in [2.05, 4.69) is 26.1 Å². The maximum atomic E-state index is 10.6. The average molecular weight is 286 g/mol. The van der Waals surface area contributed by atoms with Gasteiger partial charge in [-0.15, -0.1) is 0 Å². The van der Waals surface area contributed by atoms with Crippen LogP contribution in [0.15, 0.2) is 22.9 Å². The predicted molar refractivity (Wildman–Crippen MR) is 58.9 cm³/mol. The van der Waals surface area contributed by atoms with E-state index in [0.717, 1.165) is 5.69 Å². The lowest BCUT2D eigenvalue weighted by Gasteiger charge is -1.91. The zero-order valence-electron chi connectivity index (χ0n) is 8.37. The molecule has 0 atom stereocenters. The topological polar surface area (TPSA) is 78.8 Å². The Bertz CT molecular complexity index is 532. The Balaban J connectivity index is 2.22. The van der Waals surface area contributed by atoms with Gasteiger partial charge in [0, 0.05) is 13.2 Å². The molecule has 0 saturated carbocycles. The smallest absolute Gasteiger partial charge is 0.358 e. The van der Waals surface area contributed by atoms with Gasteiger partial charge in [-0.2, -0.15) is 9.78 Å². The van der Waals surface area contributed by atoms with E-state index in [1.54, 1.807) is 10.9 Å². The monoisotopic (exact) mass is 285 g/mol. The normalized spacial score (nSPS) is 10.6. The van der Waals surface area contributed by atoms with Gasteiger partial charge in [0.05, 0.1) is 17.0 Å². The quantitative estimate of drug-likeness (QED) is 0.630. The number of nitro groups is 1. The Morgan fingerprint density at radius 2 is 2.31 bits per heavy atom. The Morgan fingerprint density at radius 3 is 2.81 bits per heavy atom. The van der Waals surface area contributed by atoms with Crippen molar-refractivity contribution >= 4 is 21.7 Å². The SMILES string of the molecule is Cn1ccc(Cn2cc(Br)c([N+](=O)[O-])n2)n1. The van der Waals surface area contributed by atoms with Crippen molar-refractivity contribution in [1.29, 1.82) is 0 Å². The van der Waals surface area contributed by atoms with Crippen molar-refractivity contribution in [3.05, 3.63) is 38.7 Å². The first-order chi connectivity index (χ1) is 7.56. The summed E-state index contributed by atoms with van der Waals surface area (Å²) in [5.41, 5.74) is 0.799. The van der Waals surface area contributed by atoms with Crippen LogP contribution in [0.2, 0.25) is 0 Å². The molecule has 0 amide bonds. The van der Waals surface area contributed by atoms with Gasteiger partial charge in [0.15, 0.2) is 0 Å². The summed E-state index contributed by atoms with van der Waals surface area (Å²) in [7, 11) is 1.81. The lowest BCUT2D eigenvalue weighted by Crippen LogP contribution is -2.02. The molecule has 84 valence electrons. The van der Waals surface area contributed by atoms with E-state index in [9.17, 15) is 10.1 Å². The number of hydrogen-bond acceptors (Lipinski definition) is 4. The highest BCUT2D eigenvalue weighted by Crippen LogP contribution is 2.22. The van der Waals surface area contributed by atoms with Crippen molar-refractivity contribution in [3.8, 4) is 0 Å². The summed E-state index contributed by atoms with van der Waals surface area (Å²) in [6, 6.07) is 1.83. The zero-order valence-corrected chi connectivity index (χ0v) is 9.96. The van der Waals surface area contributed by atoms with Gasteiger partial charge in [0.2, 0.25) is 0 Å². The maximum Gasteiger partial charge on any atom is 0.404 e. The molecule has 0 aliphatic heterocycles. The minimum absolute atomic E-state index is 0.184. The fraction of sp³-hybridized carbons (Fsp3) is 0.250. The molecule has 0 aromatic carbocycles. The van der Waals surface area contributed by atoms with Crippen molar-refractivity contribution in [2.75, 3.05) is 0 Å². The van der Waals surface area contributed by atoms with E-state index in [1.165, 1.54) is 4.68 Å². The average Bonchev–Trinajstić information content (AvgIpc) is 2.73. The van der Waals surface area contributed by atoms with E-state index in [4.69, 9.17) is 0 Å². The molecule has 2 rings (SSSR count). The molecule has 2 aromatic heterocycles.